The van der Waals surface area contributed by atoms with E-state index in [-0.39, 0.29) is 36.3 Å². The van der Waals surface area contributed by atoms with Gasteiger partial charge in [-0.25, -0.2) is 4.98 Å². The first kappa shape index (κ1) is 22.3. The molecule has 1 aliphatic rings. The average Bonchev–Trinajstić information content (AvgIpc) is 3.58. The quantitative estimate of drug-likeness (QED) is 0.460. The van der Waals surface area contributed by atoms with Gasteiger partial charge in [0.05, 0.1) is 12.2 Å². The van der Waals surface area contributed by atoms with Crippen molar-refractivity contribution < 1.29 is 14.0 Å². The fourth-order valence-corrected chi connectivity index (χ4v) is 3.99. The molecule has 1 fully saturated rings. The summed E-state index contributed by atoms with van der Waals surface area (Å²) < 4.78 is 6.81. The second-order valence-electron chi connectivity index (χ2n) is 8.63. The summed E-state index contributed by atoms with van der Waals surface area (Å²) in [5.41, 5.74) is 3.06. The molecule has 1 unspecified atom stereocenters. The van der Waals surface area contributed by atoms with E-state index in [4.69, 9.17) is 4.42 Å². The lowest BCUT2D eigenvalue weighted by Crippen LogP contribution is -2.29. The fraction of sp³-hybridized carbons (Fsp3) is 0.240. The van der Waals surface area contributed by atoms with Gasteiger partial charge in [-0.2, -0.15) is 9.78 Å². The van der Waals surface area contributed by atoms with Crippen LogP contribution in [0, 0.1) is 26.7 Å². The number of H-pyrrole nitrogens is 1. The van der Waals surface area contributed by atoms with E-state index in [2.05, 4.69) is 20.4 Å². The smallest absolute Gasteiger partial charge is 0.255 e. The van der Waals surface area contributed by atoms with Gasteiger partial charge in [-0.1, -0.05) is 17.7 Å². The summed E-state index contributed by atoms with van der Waals surface area (Å²) in [4.78, 5) is 47.0. The Morgan fingerprint density at radius 3 is 2.60 bits per heavy atom. The van der Waals surface area contributed by atoms with E-state index in [0.717, 1.165) is 11.3 Å². The van der Waals surface area contributed by atoms with Gasteiger partial charge in [0.1, 0.15) is 11.5 Å². The molecule has 35 heavy (non-hydrogen) atoms. The molecule has 3 aromatic heterocycles. The Morgan fingerprint density at radius 1 is 1.14 bits per heavy atom. The lowest BCUT2D eigenvalue weighted by Gasteiger charge is -2.17. The number of benzene rings is 1. The second kappa shape index (κ2) is 8.71. The molecular weight excluding hydrogens is 448 g/mol. The van der Waals surface area contributed by atoms with Gasteiger partial charge >= 0.3 is 0 Å². The maximum absolute atomic E-state index is 13.2. The molecule has 5 rings (SSSR count). The molecule has 2 amide bonds. The van der Waals surface area contributed by atoms with Crippen molar-refractivity contribution in [1.82, 2.24) is 19.7 Å². The number of amides is 2. The van der Waals surface area contributed by atoms with E-state index in [1.807, 2.05) is 31.2 Å². The van der Waals surface area contributed by atoms with Gasteiger partial charge < -0.3 is 14.6 Å². The SMILES string of the molecule is Cc1ccc(N2CC(C(=O)Nc3cc(-c4ccco4)nn3-c3nc(C)c(C)c(=O)[nH]3)CC2=O)cc1. The Hall–Kier alpha value is -4.47. The summed E-state index contributed by atoms with van der Waals surface area (Å²) in [5.74, 6) is -0.0350. The Morgan fingerprint density at radius 2 is 1.91 bits per heavy atom. The fourth-order valence-electron chi connectivity index (χ4n) is 3.99. The van der Waals surface area contributed by atoms with Crippen LogP contribution in [0.2, 0.25) is 0 Å². The molecule has 2 N–H and O–H groups in total. The van der Waals surface area contributed by atoms with E-state index in [1.165, 1.54) is 10.9 Å². The van der Waals surface area contributed by atoms with E-state index in [1.54, 1.807) is 36.9 Å². The van der Waals surface area contributed by atoms with Crippen molar-refractivity contribution in [2.75, 3.05) is 16.8 Å². The minimum Gasteiger partial charge on any atom is -0.463 e. The standard InChI is InChI=1S/C25H24N6O4/c1-14-6-8-18(9-7-14)30-13-17(11-22(30)32)24(34)27-21-12-19(20-5-4-10-35-20)29-31(21)25-26-16(3)15(2)23(33)28-25/h4-10,12,17H,11,13H2,1-3H3,(H,27,34)(H,26,28,33). The summed E-state index contributed by atoms with van der Waals surface area (Å²) in [5, 5.41) is 7.37. The number of carbonyl (C=O) groups excluding carboxylic acids is 2. The van der Waals surface area contributed by atoms with Crippen LogP contribution in [0.25, 0.3) is 17.4 Å². The van der Waals surface area contributed by atoms with E-state index >= 15 is 0 Å². The van der Waals surface area contributed by atoms with Gasteiger partial charge in [0, 0.05) is 36.0 Å². The number of carbonyl (C=O) groups is 2. The molecule has 178 valence electrons. The second-order valence-corrected chi connectivity index (χ2v) is 8.63. The zero-order valence-electron chi connectivity index (χ0n) is 19.5. The van der Waals surface area contributed by atoms with E-state index in [0.29, 0.717) is 28.5 Å². The van der Waals surface area contributed by atoms with Crippen molar-refractivity contribution in [3.63, 3.8) is 0 Å². The van der Waals surface area contributed by atoms with Crippen LogP contribution in [-0.2, 0) is 9.59 Å². The predicted molar refractivity (Wildman–Crippen MR) is 129 cm³/mol. The predicted octanol–water partition coefficient (Wildman–Crippen LogP) is 3.13. The maximum atomic E-state index is 13.2. The lowest BCUT2D eigenvalue weighted by molar-refractivity contribution is -0.122. The topological polar surface area (TPSA) is 126 Å². The average molecular weight is 473 g/mol. The van der Waals surface area contributed by atoms with Crippen molar-refractivity contribution in [1.29, 1.82) is 0 Å². The normalized spacial score (nSPS) is 15.6. The van der Waals surface area contributed by atoms with Crippen LogP contribution < -0.4 is 15.8 Å². The molecule has 1 aliphatic heterocycles. The molecule has 4 aromatic rings. The highest BCUT2D eigenvalue weighted by Crippen LogP contribution is 2.28. The van der Waals surface area contributed by atoms with Gasteiger partial charge in [-0.3, -0.25) is 19.4 Å². The maximum Gasteiger partial charge on any atom is 0.255 e. The van der Waals surface area contributed by atoms with Crippen LogP contribution in [-0.4, -0.2) is 38.1 Å². The molecule has 0 spiro atoms. The van der Waals surface area contributed by atoms with E-state index < -0.39 is 5.92 Å². The first-order valence-electron chi connectivity index (χ1n) is 11.2. The first-order valence-corrected chi connectivity index (χ1v) is 11.2. The largest absolute Gasteiger partial charge is 0.463 e. The molecule has 1 aromatic carbocycles. The van der Waals surface area contributed by atoms with Crippen LogP contribution >= 0.6 is 0 Å². The number of aromatic amines is 1. The first-order chi connectivity index (χ1) is 16.8. The van der Waals surface area contributed by atoms with Crippen LogP contribution in [0.1, 0.15) is 23.2 Å². The third-order valence-electron chi connectivity index (χ3n) is 6.16. The van der Waals surface area contributed by atoms with Gasteiger partial charge in [0.15, 0.2) is 5.76 Å². The van der Waals surface area contributed by atoms with Crippen LogP contribution in [0.5, 0.6) is 0 Å². The zero-order valence-corrected chi connectivity index (χ0v) is 19.5. The molecule has 4 heterocycles. The minimum absolute atomic E-state index is 0.0949. The van der Waals surface area contributed by atoms with Crippen LogP contribution in [0.15, 0.2) is 57.9 Å². The highest BCUT2D eigenvalue weighted by molar-refractivity contribution is 6.03. The highest BCUT2D eigenvalue weighted by Gasteiger charge is 2.35. The number of nitrogens with one attached hydrogen (secondary N) is 2. The molecule has 0 bridgehead atoms. The lowest BCUT2D eigenvalue weighted by atomic mass is 10.1. The van der Waals surface area contributed by atoms with Gasteiger partial charge in [-0.05, 0) is 45.0 Å². The minimum atomic E-state index is -0.550. The summed E-state index contributed by atoms with van der Waals surface area (Å²) in [6.07, 6.45) is 1.62. The molecule has 1 saturated heterocycles. The van der Waals surface area contributed by atoms with Crippen molar-refractivity contribution in [2.24, 2.45) is 5.92 Å². The third-order valence-corrected chi connectivity index (χ3v) is 6.16. The van der Waals surface area contributed by atoms with Crippen LogP contribution in [0.4, 0.5) is 11.5 Å². The molecular formula is C25H24N6O4. The van der Waals surface area contributed by atoms with Crippen molar-refractivity contribution in [2.45, 2.75) is 27.2 Å². The number of aryl methyl sites for hydroxylation is 2. The number of rotatable bonds is 5. The number of aromatic nitrogens is 4. The number of hydrogen-bond acceptors (Lipinski definition) is 6. The summed E-state index contributed by atoms with van der Waals surface area (Å²) >= 11 is 0. The zero-order chi connectivity index (χ0) is 24.7. The number of anilines is 2. The summed E-state index contributed by atoms with van der Waals surface area (Å²) in [7, 11) is 0. The summed E-state index contributed by atoms with van der Waals surface area (Å²) in [6, 6.07) is 12.7. The molecule has 1 atom stereocenters. The number of furan rings is 1. The Bertz CT molecular complexity index is 1470. The summed E-state index contributed by atoms with van der Waals surface area (Å²) in [6.45, 7) is 5.66. The van der Waals surface area contributed by atoms with Gasteiger partial charge in [0.25, 0.3) is 5.56 Å². The monoisotopic (exact) mass is 472 g/mol. The Labute approximate surface area is 200 Å². The van der Waals surface area contributed by atoms with Crippen molar-refractivity contribution in [3.05, 3.63) is 75.9 Å². The van der Waals surface area contributed by atoms with Crippen molar-refractivity contribution >= 4 is 23.3 Å². The van der Waals surface area contributed by atoms with E-state index in [9.17, 15) is 14.4 Å². The third kappa shape index (κ3) is 4.25. The highest BCUT2D eigenvalue weighted by atomic mass is 16.3. The van der Waals surface area contributed by atoms with Crippen LogP contribution in [0.3, 0.4) is 0 Å². The van der Waals surface area contributed by atoms with Gasteiger partial charge in [0.2, 0.25) is 17.8 Å². The molecule has 0 radical (unpaired) electrons. The number of nitrogens with zero attached hydrogens (tertiary/aromatic N) is 4. The Balaban J connectivity index is 1.44. The molecule has 10 nitrogen and oxygen atoms in total. The molecule has 10 heteroatoms. The molecule has 0 aliphatic carbocycles. The molecule has 0 saturated carbocycles. The Kier molecular flexibility index (Phi) is 5.56. The van der Waals surface area contributed by atoms with Crippen molar-refractivity contribution in [3.8, 4) is 17.4 Å². The van der Waals surface area contributed by atoms with Gasteiger partial charge in [-0.15, -0.1) is 0 Å². The number of hydrogen-bond donors (Lipinski definition) is 2.